The van der Waals surface area contributed by atoms with E-state index in [1.807, 2.05) is 0 Å². The zero-order valence-corrected chi connectivity index (χ0v) is 10.1. The topological polar surface area (TPSA) is 9.23 Å². The quantitative estimate of drug-likeness (QED) is 0.593. The van der Waals surface area contributed by atoms with Crippen molar-refractivity contribution in [1.82, 2.24) is 0 Å². The van der Waals surface area contributed by atoms with Crippen molar-refractivity contribution in [2.45, 2.75) is 19.8 Å². The molecule has 17 heavy (non-hydrogen) atoms. The summed E-state index contributed by atoms with van der Waals surface area (Å²) in [6.07, 6.45) is 6.63. The minimum atomic E-state index is 0.808. The molecule has 0 amide bonds. The predicted molar refractivity (Wildman–Crippen MR) is 73.3 cm³/mol. The van der Waals surface area contributed by atoms with Crippen molar-refractivity contribution in [2.24, 2.45) is 0 Å². The second-order valence-corrected chi connectivity index (χ2v) is 4.46. The molecule has 1 aliphatic rings. The maximum absolute atomic E-state index is 5.87. The maximum Gasteiger partial charge on any atom is 0.127 e. The molecule has 3 rings (SSSR count). The van der Waals surface area contributed by atoms with Crippen molar-refractivity contribution in [3.8, 4) is 5.75 Å². The van der Waals surface area contributed by atoms with Gasteiger partial charge < -0.3 is 4.74 Å². The molecule has 0 heterocycles. The lowest BCUT2D eigenvalue weighted by Gasteiger charge is -2.10. The SMILES string of the molecule is CCCCOc1ccc2c3c(cccc13)C=C2. The van der Waals surface area contributed by atoms with Crippen LogP contribution >= 0.6 is 0 Å². The fraction of sp³-hybridized carbons (Fsp3) is 0.250. The van der Waals surface area contributed by atoms with Gasteiger partial charge in [0.15, 0.2) is 0 Å². The van der Waals surface area contributed by atoms with E-state index in [9.17, 15) is 0 Å². The third kappa shape index (κ3) is 1.72. The lowest BCUT2D eigenvalue weighted by atomic mass is 10.0. The van der Waals surface area contributed by atoms with Crippen LogP contribution in [0.15, 0.2) is 30.3 Å². The summed E-state index contributed by atoms with van der Waals surface area (Å²) < 4.78 is 5.87. The standard InChI is InChI=1S/C16H16O/c1-2-3-11-17-15-10-9-13-8-7-12-5-4-6-14(15)16(12)13/h4-10H,2-3,11H2,1H3. The first-order chi connectivity index (χ1) is 8.40. The fourth-order valence-corrected chi connectivity index (χ4v) is 2.35. The first kappa shape index (κ1) is 10.4. The zero-order chi connectivity index (χ0) is 11.7. The van der Waals surface area contributed by atoms with Gasteiger partial charge >= 0.3 is 0 Å². The largest absolute Gasteiger partial charge is 0.493 e. The van der Waals surface area contributed by atoms with E-state index >= 15 is 0 Å². The Morgan fingerprint density at radius 1 is 1.00 bits per heavy atom. The molecule has 0 atom stereocenters. The fourth-order valence-electron chi connectivity index (χ4n) is 2.35. The molecular weight excluding hydrogens is 208 g/mol. The average molecular weight is 224 g/mol. The Morgan fingerprint density at radius 2 is 1.82 bits per heavy atom. The van der Waals surface area contributed by atoms with Crippen molar-refractivity contribution >= 4 is 22.9 Å². The van der Waals surface area contributed by atoms with E-state index in [2.05, 4.69) is 49.4 Å². The van der Waals surface area contributed by atoms with Gasteiger partial charge in [-0.1, -0.05) is 49.8 Å². The number of unbranched alkanes of at least 4 members (excludes halogenated alkanes) is 1. The second kappa shape index (κ2) is 4.25. The van der Waals surface area contributed by atoms with Gasteiger partial charge in [0.1, 0.15) is 5.75 Å². The summed E-state index contributed by atoms with van der Waals surface area (Å²) >= 11 is 0. The molecule has 2 aromatic carbocycles. The van der Waals surface area contributed by atoms with Crippen LogP contribution in [0.5, 0.6) is 5.75 Å². The Balaban J connectivity index is 2.04. The Kier molecular flexibility index (Phi) is 2.60. The van der Waals surface area contributed by atoms with Gasteiger partial charge in [-0.2, -0.15) is 0 Å². The van der Waals surface area contributed by atoms with Gasteiger partial charge in [0.05, 0.1) is 6.61 Å². The van der Waals surface area contributed by atoms with E-state index in [0.717, 1.165) is 18.8 Å². The summed E-state index contributed by atoms with van der Waals surface area (Å²) in [5, 5.41) is 2.57. The Labute approximate surface area is 102 Å². The van der Waals surface area contributed by atoms with E-state index in [-0.39, 0.29) is 0 Å². The zero-order valence-electron chi connectivity index (χ0n) is 10.1. The molecule has 0 N–H and O–H groups in total. The Bertz CT molecular complexity index is 569. The molecule has 0 fully saturated rings. The van der Waals surface area contributed by atoms with Gasteiger partial charge in [0.25, 0.3) is 0 Å². The van der Waals surface area contributed by atoms with E-state index < -0.39 is 0 Å². The van der Waals surface area contributed by atoms with Crippen molar-refractivity contribution in [2.75, 3.05) is 6.61 Å². The van der Waals surface area contributed by atoms with Crippen LogP contribution in [0.3, 0.4) is 0 Å². The van der Waals surface area contributed by atoms with Crippen LogP contribution in [-0.2, 0) is 0 Å². The van der Waals surface area contributed by atoms with Crippen LogP contribution < -0.4 is 4.74 Å². The van der Waals surface area contributed by atoms with Gasteiger partial charge in [-0.25, -0.2) is 0 Å². The molecule has 0 aliphatic heterocycles. The molecule has 0 aromatic heterocycles. The number of hydrogen-bond acceptors (Lipinski definition) is 1. The minimum Gasteiger partial charge on any atom is -0.493 e. The van der Waals surface area contributed by atoms with Crippen LogP contribution in [0.25, 0.3) is 22.9 Å². The molecule has 0 saturated carbocycles. The summed E-state index contributed by atoms with van der Waals surface area (Å²) in [6.45, 7) is 2.99. The second-order valence-electron chi connectivity index (χ2n) is 4.46. The van der Waals surface area contributed by atoms with Crippen LogP contribution in [-0.4, -0.2) is 6.61 Å². The molecule has 1 aliphatic carbocycles. The van der Waals surface area contributed by atoms with Gasteiger partial charge in [0.2, 0.25) is 0 Å². The summed E-state index contributed by atoms with van der Waals surface area (Å²) in [6, 6.07) is 10.6. The molecule has 0 unspecified atom stereocenters. The van der Waals surface area contributed by atoms with E-state index in [4.69, 9.17) is 4.74 Å². The van der Waals surface area contributed by atoms with E-state index in [1.165, 1.54) is 28.3 Å². The predicted octanol–water partition coefficient (Wildman–Crippen LogP) is 4.50. The third-order valence-electron chi connectivity index (χ3n) is 3.26. The van der Waals surface area contributed by atoms with Gasteiger partial charge in [0, 0.05) is 5.39 Å². The maximum atomic E-state index is 5.87. The smallest absolute Gasteiger partial charge is 0.127 e. The summed E-state index contributed by atoms with van der Waals surface area (Å²) in [5.74, 6) is 1.02. The number of ether oxygens (including phenoxy) is 1. The minimum absolute atomic E-state index is 0.808. The average Bonchev–Trinajstić information content (AvgIpc) is 2.78. The van der Waals surface area contributed by atoms with E-state index in [0.29, 0.717) is 0 Å². The monoisotopic (exact) mass is 224 g/mol. The highest BCUT2D eigenvalue weighted by Gasteiger charge is 2.11. The first-order valence-electron chi connectivity index (χ1n) is 6.27. The molecule has 0 spiro atoms. The molecule has 1 nitrogen and oxygen atoms in total. The van der Waals surface area contributed by atoms with E-state index in [1.54, 1.807) is 0 Å². The molecule has 2 aromatic rings. The number of benzene rings is 2. The lowest BCUT2D eigenvalue weighted by Crippen LogP contribution is -1.97. The van der Waals surface area contributed by atoms with Gasteiger partial charge in [-0.15, -0.1) is 0 Å². The molecule has 0 saturated heterocycles. The van der Waals surface area contributed by atoms with Gasteiger partial charge in [-0.05, 0) is 29.0 Å². The highest BCUT2D eigenvalue weighted by Crippen LogP contribution is 2.36. The number of hydrogen-bond donors (Lipinski definition) is 0. The summed E-state index contributed by atoms with van der Waals surface area (Å²) in [7, 11) is 0. The Hall–Kier alpha value is -1.76. The first-order valence-corrected chi connectivity index (χ1v) is 6.27. The van der Waals surface area contributed by atoms with Crippen LogP contribution in [0, 0.1) is 0 Å². The molecule has 0 bridgehead atoms. The van der Waals surface area contributed by atoms with Crippen LogP contribution in [0.2, 0.25) is 0 Å². The van der Waals surface area contributed by atoms with Crippen LogP contribution in [0.4, 0.5) is 0 Å². The normalized spacial score (nSPS) is 12.3. The van der Waals surface area contributed by atoms with Crippen molar-refractivity contribution < 1.29 is 4.74 Å². The molecule has 1 heteroatoms. The van der Waals surface area contributed by atoms with Crippen molar-refractivity contribution in [3.63, 3.8) is 0 Å². The third-order valence-corrected chi connectivity index (χ3v) is 3.26. The molecular formula is C16H16O. The molecule has 0 radical (unpaired) electrons. The lowest BCUT2D eigenvalue weighted by molar-refractivity contribution is 0.313. The highest BCUT2D eigenvalue weighted by atomic mass is 16.5. The van der Waals surface area contributed by atoms with Gasteiger partial charge in [-0.3, -0.25) is 0 Å². The highest BCUT2D eigenvalue weighted by molar-refractivity contribution is 6.06. The van der Waals surface area contributed by atoms with Crippen molar-refractivity contribution in [1.29, 1.82) is 0 Å². The Morgan fingerprint density at radius 3 is 2.65 bits per heavy atom. The van der Waals surface area contributed by atoms with Crippen molar-refractivity contribution in [3.05, 3.63) is 41.5 Å². The number of rotatable bonds is 4. The summed E-state index contributed by atoms with van der Waals surface area (Å²) in [4.78, 5) is 0. The summed E-state index contributed by atoms with van der Waals surface area (Å²) in [5.41, 5.74) is 2.61. The molecule has 86 valence electrons. The van der Waals surface area contributed by atoms with Crippen LogP contribution in [0.1, 0.15) is 30.9 Å².